The molecule has 5 atom stereocenters. The fourth-order valence-corrected chi connectivity index (χ4v) is 4.62. The Balaban J connectivity index is 1.91. The van der Waals surface area contributed by atoms with Gasteiger partial charge in [-0.3, -0.25) is 14.4 Å². The molecule has 0 unspecified atom stereocenters. The molecule has 1 saturated heterocycles. The minimum absolute atomic E-state index is 0.109. The molecule has 3 amide bonds. The Bertz CT molecular complexity index is 1210. The lowest BCUT2D eigenvalue weighted by molar-refractivity contribution is -0.157. The van der Waals surface area contributed by atoms with E-state index in [2.05, 4.69) is 28.9 Å². The van der Waals surface area contributed by atoms with E-state index in [0.717, 1.165) is 30.4 Å². The van der Waals surface area contributed by atoms with Crippen molar-refractivity contribution in [1.29, 1.82) is 5.26 Å². The molecule has 212 valence electrons. The standard InChI is InChI=1S/C31H38N4O5/c1-4-5-9-20(2)27-18-28(36)34-25(16-22-10-7-6-8-11-22)30(38)33-21(3)29(37)35-26(31(39)40-27)17-23-12-14-24(19-32)15-13-23/h6-8,10-15,20-21,25-27H,4-5,9,16-18H2,1-3H3,(H,33,38)(H,34,36)(H,35,37)/t20-,21-,25-,26-,27+/m0/s1. The van der Waals surface area contributed by atoms with Crippen molar-refractivity contribution in [2.24, 2.45) is 5.92 Å². The minimum atomic E-state index is -1.05. The summed E-state index contributed by atoms with van der Waals surface area (Å²) in [4.78, 5) is 53.0. The molecule has 9 heteroatoms. The van der Waals surface area contributed by atoms with Crippen LogP contribution in [-0.2, 0) is 36.8 Å². The number of amides is 3. The summed E-state index contributed by atoms with van der Waals surface area (Å²) in [7, 11) is 0. The molecule has 40 heavy (non-hydrogen) atoms. The molecule has 1 heterocycles. The van der Waals surface area contributed by atoms with Crippen molar-refractivity contribution in [2.45, 2.75) is 83.5 Å². The van der Waals surface area contributed by atoms with E-state index in [1.165, 1.54) is 6.92 Å². The number of nitrogens with one attached hydrogen (secondary N) is 3. The van der Waals surface area contributed by atoms with Gasteiger partial charge >= 0.3 is 5.97 Å². The number of hydrogen-bond acceptors (Lipinski definition) is 6. The second-order valence-electron chi connectivity index (χ2n) is 10.4. The minimum Gasteiger partial charge on any atom is -0.460 e. The van der Waals surface area contributed by atoms with Gasteiger partial charge in [0.15, 0.2) is 0 Å². The summed E-state index contributed by atoms with van der Waals surface area (Å²) in [6, 6.07) is 15.1. The second kappa shape index (κ2) is 14.8. The van der Waals surface area contributed by atoms with Gasteiger partial charge in [-0.05, 0) is 42.5 Å². The number of cyclic esters (lactones) is 1. The Morgan fingerprint density at radius 3 is 2.20 bits per heavy atom. The van der Waals surface area contributed by atoms with Crippen molar-refractivity contribution in [3.63, 3.8) is 0 Å². The molecule has 3 rings (SSSR count). The van der Waals surface area contributed by atoms with Crippen molar-refractivity contribution < 1.29 is 23.9 Å². The topological polar surface area (TPSA) is 137 Å². The number of ether oxygens (including phenoxy) is 1. The third-order valence-corrected chi connectivity index (χ3v) is 7.11. The highest BCUT2D eigenvalue weighted by molar-refractivity contribution is 5.94. The van der Waals surface area contributed by atoms with Gasteiger partial charge in [0.05, 0.1) is 18.1 Å². The summed E-state index contributed by atoms with van der Waals surface area (Å²) in [6.45, 7) is 5.52. The van der Waals surface area contributed by atoms with Gasteiger partial charge in [-0.1, -0.05) is 69.2 Å². The smallest absolute Gasteiger partial charge is 0.329 e. The van der Waals surface area contributed by atoms with Crippen LogP contribution in [0.3, 0.4) is 0 Å². The van der Waals surface area contributed by atoms with E-state index < -0.39 is 47.9 Å². The van der Waals surface area contributed by atoms with E-state index in [-0.39, 0.29) is 25.2 Å². The maximum absolute atomic E-state index is 13.5. The van der Waals surface area contributed by atoms with Gasteiger partial charge in [0.2, 0.25) is 17.7 Å². The van der Waals surface area contributed by atoms with E-state index in [1.807, 2.05) is 37.3 Å². The van der Waals surface area contributed by atoms with Crippen LogP contribution in [0.25, 0.3) is 0 Å². The second-order valence-corrected chi connectivity index (χ2v) is 10.4. The Morgan fingerprint density at radius 1 is 0.900 bits per heavy atom. The predicted octanol–water partition coefficient (Wildman–Crippen LogP) is 2.96. The summed E-state index contributed by atoms with van der Waals surface area (Å²) in [5.41, 5.74) is 2.05. The largest absolute Gasteiger partial charge is 0.460 e. The third-order valence-electron chi connectivity index (χ3n) is 7.11. The van der Waals surface area contributed by atoms with Crippen LogP contribution in [0.2, 0.25) is 0 Å². The molecule has 0 bridgehead atoms. The molecule has 1 aliphatic rings. The van der Waals surface area contributed by atoms with Crippen molar-refractivity contribution in [2.75, 3.05) is 0 Å². The molecular weight excluding hydrogens is 508 g/mol. The summed E-state index contributed by atoms with van der Waals surface area (Å²) < 4.78 is 5.91. The van der Waals surface area contributed by atoms with Gasteiger partial charge < -0.3 is 20.7 Å². The lowest BCUT2D eigenvalue weighted by Crippen LogP contribution is -2.55. The highest BCUT2D eigenvalue weighted by Crippen LogP contribution is 2.20. The molecule has 1 aliphatic heterocycles. The first kappa shape index (κ1) is 30.4. The molecule has 0 radical (unpaired) electrons. The average Bonchev–Trinajstić information content (AvgIpc) is 2.95. The summed E-state index contributed by atoms with van der Waals surface area (Å²) in [5.74, 6) is -2.23. The molecule has 0 saturated carbocycles. The lowest BCUT2D eigenvalue weighted by atomic mass is 9.95. The number of nitrogens with zero attached hydrogens (tertiary/aromatic N) is 1. The zero-order chi connectivity index (χ0) is 29.1. The number of unbranched alkanes of at least 4 members (excludes halogenated alkanes) is 1. The van der Waals surface area contributed by atoms with Crippen LogP contribution in [0, 0.1) is 17.2 Å². The lowest BCUT2D eigenvalue weighted by Gasteiger charge is -2.27. The Morgan fingerprint density at radius 2 is 1.55 bits per heavy atom. The number of rotatable bonds is 8. The van der Waals surface area contributed by atoms with Crippen LogP contribution in [0.4, 0.5) is 0 Å². The van der Waals surface area contributed by atoms with Crippen LogP contribution in [-0.4, -0.2) is 47.9 Å². The maximum Gasteiger partial charge on any atom is 0.329 e. The molecule has 2 aromatic carbocycles. The average molecular weight is 547 g/mol. The van der Waals surface area contributed by atoms with Gasteiger partial charge in [0, 0.05) is 12.8 Å². The first-order valence-electron chi connectivity index (χ1n) is 13.8. The zero-order valence-electron chi connectivity index (χ0n) is 23.3. The van der Waals surface area contributed by atoms with E-state index >= 15 is 0 Å². The van der Waals surface area contributed by atoms with Crippen LogP contribution >= 0.6 is 0 Å². The van der Waals surface area contributed by atoms with Crippen molar-refractivity contribution in [3.05, 3.63) is 71.3 Å². The highest BCUT2D eigenvalue weighted by Gasteiger charge is 2.33. The van der Waals surface area contributed by atoms with Crippen LogP contribution in [0.5, 0.6) is 0 Å². The quantitative estimate of drug-likeness (QED) is 0.436. The monoisotopic (exact) mass is 546 g/mol. The van der Waals surface area contributed by atoms with Gasteiger partial charge in [0.1, 0.15) is 24.2 Å². The number of carbonyl (C=O) groups is 4. The molecule has 3 N–H and O–H groups in total. The van der Waals surface area contributed by atoms with Gasteiger partial charge in [-0.2, -0.15) is 5.26 Å². The molecule has 9 nitrogen and oxygen atoms in total. The Hall–Kier alpha value is -4.19. The molecule has 0 spiro atoms. The van der Waals surface area contributed by atoms with Crippen LogP contribution in [0.15, 0.2) is 54.6 Å². The third kappa shape index (κ3) is 8.94. The van der Waals surface area contributed by atoms with E-state index in [4.69, 9.17) is 10.00 Å². The first-order chi connectivity index (χ1) is 19.2. The van der Waals surface area contributed by atoms with E-state index in [9.17, 15) is 19.2 Å². The van der Waals surface area contributed by atoms with Gasteiger partial charge in [0.25, 0.3) is 0 Å². The maximum atomic E-state index is 13.5. The normalized spacial score (nSPS) is 23.1. The van der Waals surface area contributed by atoms with Gasteiger partial charge in [-0.15, -0.1) is 0 Å². The zero-order valence-corrected chi connectivity index (χ0v) is 23.3. The van der Waals surface area contributed by atoms with Crippen LogP contribution < -0.4 is 16.0 Å². The fourth-order valence-electron chi connectivity index (χ4n) is 4.62. The van der Waals surface area contributed by atoms with E-state index in [1.54, 1.807) is 24.3 Å². The summed E-state index contributed by atoms with van der Waals surface area (Å²) >= 11 is 0. The summed E-state index contributed by atoms with van der Waals surface area (Å²) in [6.07, 6.45) is 2.12. The number of carbonyl (C=O) groups excluding carboxylic acids is 4. The van der Waals surface area contributed by atoms with Crippen molar-refractivity contribution >= 4 is 23.7 Å². The van der Waals surface area contributed by atoms with E-state index in [0.29, 0.717) is 5.56 Å². The molecule has 2 aromatic rings. The fraction of sp³-hybridized carbons (Fsp3) is 0.452. The number of hydrogen-bond donors (Lipinski definition) is 3. The predicted molar refractivity (Wildman–Crippen MR) is 150 cm³/mol. The molecule has 1 fully saturated rings. The van der Waals surface area contributed by atoms with Gasteiger partial charge in [-0.25, -0.2) is 4.79 Å². The molecule has 0 aromatic heterocycles. The summed E-state index contributed by atoms with van der Waals surface area (Å²) in [5, 5.41) is 17.3. The van der Waals surface area contributed by atoms with Crippen molar-refractivity contribution in [1.82, 2.24) is 16.0 Å². The molecular formula is C31H38N4O5. The first-order valence-corrected chi connectivity index (χ1v) is 13.8. The van der Waals surface area contributed by atoms with Crippen molar-refractivity contribution in [3.8, 4) is 6.07 Å². The number of esters is 1. The Labute approximate surface area is 235 Å². The SMILES string of the molecule is CCCC[C@H](C)[C@H]1CC(=O)N[C@@H](Cc2ccccc2)C(=O)N[C@@H](C)C(=O)N[C@@H](Cc2ccc(C#N)cc2)C(=O)O1. The highest BCUT2D eigenvalue weighted by atomic mass is 16.5. The number of benzene rings is 2. The molecule has 0 aliphatic carbocycles. The Kier molecular flexibility index (Phi) is 11.2. The number of nitriles is 1. The van der Waals surface area contributed by atoms with Crippen LogP contribution in [0.1, 0.15) is 63.1 Å².